The highest BCUT2D eigenvalue weighted by atomic mass is 32.1. The predicted octanol–water partition coefficient (Wildman–Crippen LogP) is 3.69. The van der Waals surface area contributed by atoms with Gasteiger partial charge in [0.2, 0.25) is 5.91 Å². The fourth-order valence-corrected chi connectivity index (χ4v) is 4.00. The van der Waals surface area contributed by atoms with Crippen molar-refractivity contribution in [3.63, 3.8) is 0 Å². The maximum atomic E-state index is 12.3. The molecule has 1 N–H and O–H groups in total. The van der Waals surface area contributed by atoms with Crippen LogP contribution in [0.1, 0.15) is 38.8 Å². The number of pyridine rings is 1. The van der Waals surface area contributed by atoms with Gasteiger partial charge >= 0.3 is 0 Å². The second-order valence-electron chi connectivity index (χ2n) is 6.48. The second kappa shape index (κ2) is 7.21. The summed E-state index contributed by atoms with van der Waals surface area (Å²) in [5.74, 6) is 1.31. The van der Waals surface area contributed by atoms with Gasteiger partial charge in [-0.25, -0.2) is 4.98 Å². The first-order valence-electron chi connectivity index (χ1n) is 8.28. The molecule has 3 unspecified atom stereocenters. The largest absolute Gasteiger partial charge is 0.353 e. The first-order chi connectivity index (χ1) is 11.1. The molecule has 1 saturated carbocycles. The van der Waals surface area contributed by atoms with E-state index in [-0.39, 0.29) is 5.91 Å². The minimum absolute atomic E-state index is 0.0776. The van der Waals surface area contributed by atoms with Crippen molar-refractivity contribution in [3.05, 3.63) is 35.5 Å². The van der Waals surface area contributed by atoms with Crippen LogP contribution in [0.15, 0.2) is 29.8 Å². The second-order valence-corrected chi connectivity index (χ2v) is 7.34. The monoisotopic (exact) mass is 329 g/mol. The van der Waals surface area contributed by atoms with Gasteiger partial charge in [-0.1, -0.05) is 32.8 Å². The van der Waals surface area contributed by atoms with Crippen LogP contribution in [0.25, 0.3) is 10.7 Å². The van der Waals surface area contributed by atoms with Crippen molar-refractivity contribution in [2.45, 2.75) is 45.6 Å². The number of nitrogens with zero attached hydrogens (tertiary/aromatic N) is 2. The third-order valence-electron chi connectivity index (χ3n) is 4.83. The van der Waals surface area contributed by atoms with Crippen LogP contribution in [0.2, 0.25) is 0 Å². The van der Waals surface area contributed by atoms with Crippen LogP contribution in [-0.2, 0) is 11.2 Å². The van der Waals surface area contributed by atoms with Crippen molar-refractivity contribution in [3.8, 4) is 10.7 Å². The number of amides is 1. The Hall–Kier alpha value is -1.75. The minimum atomic E-state index is 0.0776. The third-order valence-corrected chi connectivity index (χ3v) is 5.74. The fourth-order valence-electron chi connectivity index (χ4n) is 3.20. The summed E-state index contributed by atoms with van der Waals surface area (Å²) >= 11 is 1.54. The van der Waals surface area contributed by atoms with Crippen molar-refractivity contribution in [1.82, 2.24) is 15.3 Å². The Kier molecular flexibility index (Phi) is 5.06. The molecule has 0 spiro atoms. The number of thiazole rings is 1. The topological polar surface area (TPSA) is 54.9 Å². The molecular formula is C18H23N3OS. The van der Waals surface area contributed by atoms with E-state index in [9.17, 15) is 4.79 Å². The molecule has 1 fully saturated rings. The van der Waals surface area contributed by atoms with Crippen LogP contribution in [0, 0.1) is 11.8 Å². The molecule has 5 heteroatoms. The summed E-state index contributed by atoms with van der Waals surface area (Å²) in [5.41, 5.74) is 1.68. The van der Waals surface area contributed by atoms with Gasteiger partial charge in [0.25, 0.3) is 0 Å². The minimum Gasteiger partial charge on any atom is -0.353 e. The van der Waals surface area contributed by atoms with Crippen molar-refractivity contribution < 1.29 is 4.79 Å². The van der Waals surface area contributed by atoms with Gasteiger partial charge in [0.05, 0.1) is 17.8 Å². The number of carbonyl (C=O) groups is 1. The molecule has 0 aliphatic heterocycles. The van der Waals surface area contributed by atoms with Gasteiger partial charge in [-0.05, 0) is 30.4 Å². The summed E-state index contributed by atoms with van der Waals surface area (Å²) in [6.07, 6.45) is 5.67. The lowest BCUT2D eigenvalue weighted by Crippen LogP contribution is -2.44. The van der Waals surface area contributed by atoms with Crippen molar-refractivity contribution in [2.75, 3.05) is 0 Å². The standard InChI is InChI=1S/C18H23N3OS/c1-12-6-5-8-15(13(12)2)21-17(22)10-14-11-23-18(20-14)16-7-3-4-9-19-16/h3-4,7,9,11-13,15H,5-6,8,10H2,1-2H3,(H,21,22). The normalized spacial score (nSPS) is 24.3. The molecule has 122 valence electrons. The summed E-state index contributed by atoms with van der Waals surface area (Å²) in [6.45, 7) is 4.53. The Morgan fingerprint density at radius 1 is 1.35 bits per heavy atom. The summed E-state index contributed by atoms with van der Waals surface area (Å²) in [7, 11) is 0. The first-order valence-corrected chi connectivity index (χ1v) is 9.16. The highest BCUT2D eigenvalue weighted by Crippen LogP contribution is 2.29. The molecule has 2 aromatic rings. The van der Waals surface area contributed by atoms with Crippen LogP contribution in [0.4, 0.5) is 0 Å². The van der Waals surface area contributed by atoms with Crippen molar-refractivity contribution in [1.29, 1.82) is 0 Å². The summed E-state index contributed by atoms with van der Waals surface area (Å²) < 4.78 is 0. The number of rotatable bonds is 4. The molecule has 0 radical (unpaired) electrons. The highest BCUT2D eigenvalue weighted by Gasteiger charge is 2.28. The molecule has 0 aromatic carbocycles. The van der Waals surface area contributed by atoms with Gasteiger partial charge in [-0.2, -0.15) is 0 Å². The van der Waals surface area contributed by atoms with Crippen LogP contribution in [-0.4, -0.2) is 21.9 Å². The molecule has 4 nitrogen and oxygen atoms in total. The lowest BCUT2D eigenvalue weighted by Gasteiger charge is -2.34. The van der Waals surface area contributed by atoms with E-state index in [0.29, 0.717) is 24.3 Å². The van der Waals surface area contributed by atoms with E-state index in [4.69, 9.17) is 0 Å². The molecule has 0 bridgehead atoms. The van der Waals surface area contributed by atoms with E-state index in [1.165, 1.54) is 24.2 Å². The van der Waals surface area contributed by atoms with Gasteiger partial charge in [0.15, 0.2) is 0 Å². The molecule has 2 heterocycles. The highest BCUT2D eigenvalue weighted by molar-refractivity contribution is 7.13. The van der Waals surface area contributed by atoms with Gasteiger partial charge in [0.1, 0.15) is 5.01 Å². The van der Waals surface area contributed by atoms with Crippen LogP contribution in [0.5, 0.6) is 0 Å². The maximum absolute atomic E-state index is 12.3. The molecule has 2 aromatic heterocycles. The molecule has 3 atom stereocenters. The Morgan fingerprint density at radius 3 is 3.00 bits per heavy atom. The predicted molar refractivity (Wildman–Crippen MR) is 93.2 cm³/mol. The zero-order valence-electron chi connectivity index (χ0n) is 13.7. The summed E-state index contributed by atoms with van der Waals surface area (Å²) in [4.78, 5) is 21.2. The zero-order chi connectivity index (χ0) is 16.2. The number of carbonyl (C=O) groups excluding carboxylic acids is 1. The van der Waals surface area contributed by atoms with E-state index in [2.05, 4.69) is 29.1 Å². The average Bonchev–Trinajstić information content (AvgIpc) is 3.01. The summed E-state index contributed by atoms with van der Waals surface area (Å²) in [5, 5.41) is 6.03. The van der Waals surface area contributed by atoms with E-state index >= 15 is 0 Å². The summed E-state index contributed by atoms with van der Waals surface area (Å²) in [6, 6.07) is 6.08. The lowest BCUT2D eigenvalue weighted by atomic mass is 9.78. The van der Waals surface area contributed by atoms with E-state index in [1.54, 1.807) is 6.20 Å². The average molecular weight is 329 g/mol. The Bertz CT molecular complexity index is 655. The number of hydrogen-bond donors (Lipinski definition) is 1. The first kappa shape index (κ1) is 16.1. The van der Waals surface area contributed by atoms with Crippen LogP contribution in [0.3, 0.4) is 0 Å². The number of aromatic nitrogens is 2. The fraction of sp³-hybridized carbons (Fsp3) is 0.500. The van der Waals surface area contributed by atoms with E-state index < -0.39 is 0 Å². The van der Waals surface area contributed by atoms with E-state index in [1.807, 2.05) is 23.6 Å². The SMILES string of the molecule is CC1CCCC(NC(=O)Cc2csc(-c3ccccn3)n2)C1C. The number of nitrogens with one attached hydrogen (secondary N) is 1. The quantitative estimate of drug-likeness (QED) is 0.931. The third kappa shape index (κ3) is 3.96. The Labute approximate surface area is 141 Å². The molecule has 0 saturated heterocycles. The van der Waals surface area contributed by atoms with Gasteiger partial charge in [0, 0.05) is 17.6 Å². The van der Waals surface area contributed by atoms with Crippen LogP contribution < -0.4 is 5.32 Å². The van der Waals surface area contributed by atoms with Gasteiger partial charge < -0.3 is 5.32 Å². The molecular weight excluding hydrogens is 306 g/mol. The van der Waals surface area contributed by atoms with Gasteiger partial charge in [-0.3, -0.25) is 9.78 Å². The Balaban J connectivity index is 1.59. The van der Waals surface area contributed by atoms with E-state index in [0.717, 1.165) is 22.8 Å². The van der Waals surface area contributed by atoms with Crippen molar-refractivity contribution in [2.24, 2.45) is 11.8 Å². The molecule has 1 aliphatic carbocycles. The van der Waals surface area contributed by atoms with Crippen molar-refractivity contribution >= 4 is 17.2 Å². The molecule has 1 amide bonds. The smallest absolute Gasteiger partial charge is 0.226 e. The van der Waals surface area contributed by atoms with Crippen LogP contribution >= 0.6 is 11.3 Å². The zero-order valence-corrected chi connectivity index (χ0v) is 14.5. The van der Waals surface area contributed by atoms with Gasteiger partial charge in [-0.15, -0.1) is 11.3 Å². The molecule has 3 rings (SSSR count). The molecule has 23 heavy (non-hydrogen) atoms. The lowest BCUT2D eigenvalue weighted by molar-refractivity contribution is -0.121. The maximum Gasteiger partial charge on any atom is 0.226 e. The molecule has 1 aliphatic rings. The number of hydrogen-bond acceptors (Lipinski definition) is 4. The Morgan fingerprint density at radius 2 is 2.22 bits per heavy atom.